The third kappa shape index (κ3) is 3.50. The van der Waals surface area contributed by atoms with E-state index in [1.54, 1.807) is 6.92 Å². The van der Waals surface area contributed by atoms with Gasteiger partial charge in [-0.15, -0.1) is 0 Å². The lowest BCUT2D eigenvalue weighted by atomic mass is 10.0. The largest absolute Gasteiger partial charge is 0.502 e. The number of aromatic hydroxyl groups is 1. The van der Waals surface area contributed by atoms with Crippen LogP contribution in [0, 0.1) is 0 Å². The molecule has 19 heavy (non-hydrogen) atoms. The fourth-order valence-electron chi connectivity index (χ4n) is 1.78. The van der Waals surface area contributed by atoms with Gasteiger partial charge in [0.2, 0.25) is 5.75 Å². The molecule has 6 heteroatoms. The predicted molar refractivity (Wildman–Crippen MR) is 68.7 cm³/mol. The highest BCUT2D eigenvalue weighted by Gasteiger charge is 2.24. The molecule has 0 aliphatic heterocycles. The second kappa shape index (κ2) is 7.18. The summed E-state index contributed by atoms with van der Waals surface area (Å²) >= 11 is 0. The minimum absolute atomic E-state index is 0.123. The molecule has 0 aliphatic rings. The average molecular weight is 272 g/mol. The second-order valence-corrected chi connectivity index (χ2v) is 3.90. The van der Waals surface area contributed by atoms with Gasteiger partial charge in [-0.3, -0.25) is 0 Å². The van der Waals surface area contributed by atoms with Gasteiger partial charge in [-0.05, 0) is 24.6 Å². The SMILES string of the molecule is CCO[C@H](c1cc(OC)c(O)c(OC)c1)[C@H](O)CO. The lowest BCUT2D eigenvalue weighted by molar-refractivity contribution is -0.0561. The number of ether oxygens (including phenoxy) is 3. The molecule has 0 bridgehead atoms. The summed E-state index contributed by atoms with van der Waals surface area (Å²) in [6, 6.07) is 3.08. The van der Waals surface area contributed by atoms with Crippen LogP contribution in [0.2, 0.25) is 0 Å². The maximum absolute atomic E-state index is 9.82. The lowest BCUT2D eigenvalue weighted by Gasteiger charge is -2.23. The molecule has 1 aromatic rings. The molecule has 0 heterocycles. The van der Waals surface area contributed by atoms with Gasteiger partial charge in [0.15, 0.2) is 11.5 Å². The van der Waals surface area contributed by atoms with Crippen molar-refractivity contribution in [3.8, 4) is 17.2 Å². The molecule has 2 atom stereocenters. The van der Waals surface area contributed by atoms with Crippen molar-refractivity contribution in [2.45, 2.75) is 19.1 Å². The van der Waals surface area contributed by atoms with Crippen LogP contribution in [-0.2, 0) is 4.74 Å². The van der Waals surface area contributed by atoms with Crippen LogP contribution in [0.3, 0.4) is 0 Å². The first-order chi connectivity index (χ1) is 9.08. The topological polar surface area (TPSA) is 88.4 Å². The maximum atomic E-state index is 9.82. The van der Waals surface area contributed by atoms with Crippen molar-refractivity contribution in [1.29, 1.82) is 0 Å². The first-order valence-corrected chi connectivity index (χ1v) is 5.94. The second-order valence-electron chi connectivity index (χ2n) is 3.90. The molecule has 0 aromatic heterocycles. The number of hydrogen-bond acceptors (Lipinski definition) is 6. The first kappa shape index (κ1) is 15.6. The molecule has 0 saturated heterocycles. The molecule has 1 aromatic carbocycles. The van der Waals surface area contributed by atoms with Crippen molar-refractivity contribution in [2.75, 3.05) is 27.4 Å². The third-order valence-electron chi connectivity index (χ3n) is 2.71. The molecule has 0 radical (unpaired) electrons. The minimum atomic E-state index is -1.07. The van der Waals surface area contributed by atoms with E-state index in [1.165, 1.54) is 26.4 Å². The van der Waals surface area contributed by atoms with E-state index in [1.807, 2.05) is 0 Å². The summed E-state index contributed by atoms with van der Waals surface area (Å²) in [5, 5.41) is 28.7. The normalized spacial score (nSPS) is 13.9. The van der Waals surface area contributed by atoms with E-state index in [4.69, 9.17) is 19.3 Å². The summed E-state index contributed by atoms with van der Waals surface area (Å²) in [4.78, 5) is 0. The van der Waals surface area contributed by atoms with Gasteiger partial charge in [-0.1, -0.05) is 0 Å². The quantitative estimate of drug-likeness (QED) is 0.681. The fourth-order valence-corrected chi connectivity index (χ4v) is 1.78. The van der Waals surface area contributed by atoms with Crippen LogP contribution in [0.25, 0.3) is 0 Å². The van der Waals surface area contributed by atoms with E-state index in [0.29, 0.717) is 12.2 Å². The highest BCUT2D eigenvalue weighted by atomic mass is 16.5. The number of aliphatic hydroxyl groups excluding tert-OH is 2. The molecule has 0 spiro atoms. The van der Waals surface area contributed by atoms with Crippen LogP contribution in [0.5, 0.6) is 17.2 Å². The van der Waals surface area contributed by atoms with Crippen molar-refractivity contribution in [1.82, 2.24) is 0 Å². The summed E-state index contributed by atoms with van der Waals surface area (Å²) in [6.07, 6.45) is -1.79. The number of phenols is 1. The predicted octanol–water partition coefficient (Wildman–Crippen LogP) is 0.840. The molecule has 6 nitrogen and oxygen atoms in total. The molecule has 108 valence electrons. The Morgan fingerprint density at radius 2 is 1.68 bits per heavy atom. The van der Waals surface area contributed by atoms with Crippen molar-refractivity contribution in [3.05, 3.63) is 17.7 Å². The Balaban J connectivity index is 3.22. The van der Waals surface area contributed by atoms with Gasteiger partial charge in [0.25, 0.3) is 0 Å². The Labute approximate surface area is 112 Å². The highest BCUT2D eigenvalue weighted by molar-refractivity contribution is 5.53. The van der Waals surface area contributed by atoms with Crippen LogP contribution >= 0.6 is 0 Å². The molecule has 3 N–H and O–H groups in total. The van der Waals surface area contributed by atoms with E-state index in [2.05, 4.69) is 0 Å². The number of benzene rings is 1. The average Bonchev–Trinajstić information content (AvgIpc) is 2.44. The molecule has 1 rings (SSSR count). The maximum Gasteiger partial charge on any atom is 0.200 e. The van der Waals surface area contributed by atoms with Crippen LogP contribution in [0.15, 0.2) is 12.1 Å². The zero-order chi connectivity index (χ0) is 14.4. The number of phenolic OH excluding ortho intramolecular Hbond substituents is 1. The first-order valence-electron chi connectivity index (χ1n) is 5.94. The number of aliphatic hydroxyl groups is 2. The smallest absolute Gasteiger partial charge is 0.200 e. The minimum Gasteiger partial charge on any atom is -0.502 e. The Morgan fingerprint density at radius 1 is 1.16 bits per heavy atom. The summed E-state index contributed by atoms with van der Waals surface area (Å²) in [5.41, 5.74) is 0.551. The highest BCUT2D eigenvalue weighted by Crippen LogP contribution is 2.39. The van der Waals surface area contributed by atoms with Crippen LogP contribution in [0.4, 0.5) is 0 Å². The number of rotatable bonds is 7. The van der Waals surface area contributed by atoms with Gasteiger partial charge in [0.1, 0.15) is 12.2 Å². The van der Waals surface area contributed by atoms with Gasteiger partial charge in [0, 0.05) is 6.61 Å². The van der Waals surface area contributed by atoms with E-state index in [-0.39, 0.29) is 17.2 Å². The Hall–Kier alpha value is -1.50. The Morgan fingerprint density at radius 3 is 2.05 bits per heavy atom. The van der Waals surface area contributed by atoms with Crippen LogP contribution in [0.1, 0.15) is 18.6 Å². The third-order valence-corrected chi connectivity index (χ3v) is 2.71. The molecule has 0 saturated carbocycles. The van der Waals surface area contributed by atoms with E-state index < -0.39 is 18.8 Å². The molecule has 0 fully saturated rings. The number of hydrogen-bond donors (Lipinski definition) is 3. The van der Waals surface area contributed by atoms with E-state index >= 15 is 0 Å². The van der Waals surface area contributed by atoms with Gasteiger partial charge < -0.3 is 29.5 Å². The van der Waals surface area contributed by atoms with Gasteiger partial charge in [-0.2, -0.15) is 0 Å². The van der Waals surface area contributed by atoms with E-state index in [9.17, 15) is 10.2 Å². The fraction of sp³-hybridized carbons (Fsp3) is 0.538. The van der Waals surface area contributed by atoms with Gasteiger partial charge >= 0.3 is 0 Å². The van der Waals surface area contributed by atoms with Crippen molar-refractivity contribution < 1.29 is 29.5 Å². The summed E-state index contributed by atoms with van der Waals surface area (Å²) in [6.45, 7) is 1.72. The van der Waals surface area contributed by atoms with Crippen LogP contribution < -0.4 is 9.47 Å². The van der Waals surface area contributed by atoms with Crippen molar-refractivity contribution in [2.24, 2.45) is 0 Å². The van der Waals surface area contributed by atoms with Gasteiger partial charge in [-0.25, -0.2) is 0 Å². The van der Waals surface area contributed by atoms with Crippen molar-refractivity contribution >= 4 is 0 Å². The zero-order valence-corrected chi connectivity index (χ0v) is 11.3. The molecule has 0 amide bonds. The number of methoxy groups -OCH3 is 2. The summed E-state index contributed by atoms with van der Waals surface area (Å²) in [7, 11) is 2.83. The van der Waals surface area contributed by atoms with E-state index in [0.717, 1.165) is 0 Å². The molecule has 0 unspecified atom stereocenters. The zero-order valence-electron chi connectivity index (χ0n) is 11.3. The summed E-state index contributed by atoms with van der Waals surface area (Å²) in [5.74, 6) is 0.302. The standard InChI is InChI=1S/C13H20O6/c1-4-19-13(9(15)7-14)8-5-10(17-2)12(16)11(6-8)18-3/h5-6,9,13-16H,4,7H2,1-3H3/t9-,13-/m1/s1. The molecular weight excluding hydrogens is 252 g/mol. The molecular formula is C13H20O6. The lowest BCUT2D eigenvalue weighted by Crippen LogP contribution is -2.25. The Bertz CT molecular complexity index is 381. The van der Waals surface area contributed by atoms with Crippen LogP contribution in [-0.4, -0.2) is 48.9 Å². The molecule has 0 aliphatic carbocycles. The monoisotopic (exact) mass is 272 g/mol. The Kier molecular flexibility index (Phi) is 5.88. The van der Waals surface area contributed by atoms with Crippen molar-refractivity contribution in [3.63, 3.8) is 0 Å². The van der Waals surface area contributed by atoms with Gasteiger partial charge in [0.05, 0.1) is 20.8 Å². The summed E-state index contributed by atoms with van der Waals surface area (Å²) < 4.78 is 15.5.